The van der Waals surface area contributed by atoms with Crippen LogP contribution in [-0.4, -0.2) is 44.4 Å². The normalized spacial score (nSPS) is 12.3. The number of nitrogens with one attached hydrogen (secondary N) is 1. The number of methoxy groups -OCH3 is 1. The standard InChI is InChI=1S/C29H44N2O4Si/c1-12-23-24(14-13-15-25(23)34-9)26(32)30-31(27(33)22-17-20(2)16-21(3)18-22)29(7,8)19-35-36(10,11)28(4,5)6/h13-18H,12,19H2,1-11H3,(H,30,32). The minimum absolute atomic E-state index is 0.0193. The Balaban J connectivity index is 2.50. The van der Waals surface area contributed by atoms with E-state index in [-0.39, 0.29) is 16.9 Å². The minimum Gasteiger partial charge on any atom is -0.496 e. The van der Waals surface area contributed by atoms with Crippen LogP contribution >= 0.6 is 0 Å². The molecule has 0 aliphatic carbocycles. The lowest BCUT2D eigenvalue weighted by Crippen LogP contribution is -2.60. The Labute approximate surface area is 218 Å². The molecule has 6 nitrogen and oxygen atoms in total. The van der Waals surface area contributed by atoms with Crippen molar-refractivity contribution >= 4 is 20.1 Å². The maximum absolute atomic E-state index is 13.9. The van der Waals surface area contributed by atoms with E-state index in [4.69, 9.17) is 9.16 Å². The van der Waals surface area contributed by atoms with Crippen molar-refractivity contribution in [2.24, 2.45) is 0 Å². The molecule has 2 aromatic carbocycles. The summed E-state index contributed by atoms with van der Waals surface area (Å²) in [7, 11) is -0.500. The summed E-state index contributed by atoms with van der Waals surface area (Å²) >= 11 is 0. The molecule has 0 unspecified atom stereocenters. The van der Waals surface area contributed by atoms with Crippen LogP contribution in [0.25, 0.3) is 0 Å². The molecule has 7 heteroatoms. The molecule has 0 aliphatic rings. The van der Waals surface area contributed by atoms with E-state index in [9.17, 15) is 9.59 Å². The third-order valence-corrected chi connectivity index (χ3v) is 11.5. The SMILES string of the molecule is CCc1c(OC)cccc1C(=O)NN(C(=O)c1cc(C)cc(C)c1)C(C)(C)CO[Si](C)(C)C(C)(C)C. The molecule has 0 aromatic heterocycles. The summed E-state index contributed by atoms with van der Waals surface area (Å²) in [6, 6.07) is 11.1. The van der Waals surface area contributed by atoms with Gasteiger partial charge in [-0.2, -0.15) is 0 Å². The van der Waals surface area contributed by atoms with E-state index in [1.54, 1.807) is 19.2 Å². The molecule has 0 spiro atoms. The number of amides is 2. The van der Waals surface area contributed by atoms with Gasteiger partial charge in [0.1, 0.15) is 5.75 Å². The number of aryl methyl sites for hydroxylation is 2. The van der Waals surface area contributed by atoms with Crippen LogP contribution in [-0.2, 0) is 10.8 Å². The molecule has 36 heavy (non-hydrogen) atoms. The van der Waals surface area contributed by atoms with Gasteiger partial charge in [0.15, 0.2) is 8.32 Å². The lowest BCUT2D eigenvalue weighted by Gasteiger charge is -2.43. The van der Waals surface area contributed by atoms with Crippen molar-refractivity contribution in [3.63, 3.8) is 0 Å². The van der Waals surface area contributed by atoms with E-state index in [2.05, 4.69) is 39.3 Å². The number of carbonyl (C=O) groups excluding carboxylic acids is 2. The van der Waals surface area contributed by atoms with Crippen LogP contribution in [0.15, 0.2) is 36.4 Å². The topological polar surface area (TPSA) is 67.9 Å². The Kier molecular flexibility index (Phi) is 9.18. The van der Waals surface area contributed by atoms with Gasteiger partial charge in [-0.25, -0.2) is 5.01 Å². The second-order valence-corrected chi connectivity index (χ2v) is 16.5. The van der Waals surface area contributed by atoms with Crippen LogP contribution in [0.5, 0.6) is 5.75 Å². The summed E-state index contributed by atoms with van der Waals surface area (Å²) in [5, 5.41) is 1.46. The summed E-state index contributed by atoms with van der Waals surface area (Å²) in [4.78, 5) is 27.5. The molecule has 2 rings (SSSR count). The lowest BCUT2D eigenvalue weighted by molar-refractivity contribution is 0.0160. The quantitative estimate of drug-likeness (QED) is 0.325. The van der Waals surface area contributed by atoms with Gasteiger partial charge in [-0.15, -0.1) is 0 Å². The van der Waals surface area contributed by atoms with Gasteiger partial charge in [0, 0.05) is 16.7 Å². The second-order valence-electron chi connectivity index (χ2n) is 11.7. The number of hydrogen-bond acceptors (Lipinski definition) is 4. The molecule has 2 amide bonds. The molecule has 0 radical (unpaired) electrons. The van der Waals surface area contributed by atoms with Gasteiger partial charge in [0.2, 0.25) is 0 Å². The monoisotopic (exact) mass is 512 g/mol. The first-order chi connectivity index (χ1) is 16.5. The molecule has 0 fully saturated rings. The van der Waals surface area contributed by atoms with Crippen molar-refractivity contribution in [1.29, 1.82) is 0 Å². The molecule has 0 saturated heterocycles. The molecule has 1 N–H and O–H groups in total. The van der Waals surface area contributed by atoms with Crippen molar-refractivity contribution in [1.82, 2.24) is 10.4 Å². The highest BCUT2D eigenvalue weighted by Crippen LogP contribution is 2.37. The van der Waals surface area contributed by atoms with Crippen LogP contribution in [0.2, 0.25) is 18.1 Å². The smallest absolute Gasteiger partial charge is 0.272 e. The Morgan fingerprint density at radius 2 is 1.58 bits per heavy atom. The average molecular weight is 513 g/mol. The van der Waals surface area contributed by atoms with Gasteiger partial charge < -0.3 is 9.16 Å². The Bertz CT molecular complexity index is 1080. The van der Waals surface area contributed by atoms with Crippen molar-refractivity contribution < 1.29 is 18.8 Å². The zero-order valence-electron chi connectivity index (χ0n) is 24.0. The number of carbonyl (C=O) groups is 2. The zero-order valence-corrected chi connectivity index (χ0v) is 25.0. The van der Waals surface area contributed by atoms with Crippen LogP contribution in [0, 0.1) is 13.8 Å². The van der Waals surface area contributed by atoms with Gasteiger partial charge in [0.05, 0.1) is 19.3 Å². The van der Waals surface area contributed by atoms with Gasteiger partial charge in [-0.3, -0.25) is 15.0 Å². The van der Waals surface area contributed by atoms with Crippen LogP contribution < -0.4 is 10.2 Å². The summed E-state index contributed by atoms with van der Waals surface area (Å²) in [6.45, 7) is 20.9. The van der Waals surface area contributed by atoms with E-state index >= 15 is 0 Å². The summed E-state index contributed by atoms with van der Waals surface area (Å²) in [5.74, 6) is 0.0154. The van der Waals surface area contributed by atoms with Crippen molar-refractivity contribution in [2.75, 3.05) is 13.7 Å². The lowest BCUT2D eigenvalue weighted by atomic mass is 10.0. The number of rotatable bonds is 8. The molecule has 0 bridgehead atoms. The predicted molar refractivity (Wildman–Crippen MR) is 149 cm³/mol. The average Bonchev–Trinajstić information content (AvgIpc) is 2.78. The molecular formula is C29H44N2O4Si. The van der Waals surface area contributed by atoms with Crippen LogP contribution in [0.3, 0.4) is 0 Å². The third-order valence-electron chi connectivity index (χ3n) is 7.03. The highest BCUT2D eigenvalue weighted by atomic mass is 28.4. The minimum atomic E-state index is -2.09. The number of hydrogen-bond donors (Lipinski definition) is 1. The molecule has 0 heterocycles. The first-order valence-corrected chi connectivity index (χ1v) is 15.5. The largest absolute Gasteiger partial charge is 0.496 e. The summed E-state index contributed by atoms with van der Waals surface area (Å²) in [5.41, 5.74) is 5.90. The maximum atomic E-state index is 13.9. The van der Waals surface area contributed by atoms with E-state index in [1.165, 1.54) is 5.01 Å². The zero-order chi connectivity index (χ0) is 27.5. The van der Waals surface area contributed by atoms with Gasteiger partial charge in [0.25, 0.3) is 11.8 Å². The first-order valence-electron chi connectivity index (χ1n) is 12.6. The molecule has 0 aliphatic heterocycles. The number of benzene rings is 2. The van der Waals surface area contributed by atoms with Crippen molar-refractivity contribution in [3.8, 4) is 5.75 Å². The molecule has 2 aromatic rings. The Morgan fingerprint density at radius 3 is 2.08 bits per heavy atom. The van der Waals surface area contributed by atoms with E-state index in [1.807, 2.05) is 58.9 Å². The molecular weight excluding hydrogens is 468 g/mol. The van der Waals surface area contributed by atoms with Crippen LogP contribution in [0.4, 0.5) is 0 Å². The second kappa shape index (κ2) is 11.2. The fraction of sp³-hybridized carbons (Fsp3) is 0.517. The van der Waals surface area contributed by atoms with Gasteiger partial charge >= 0.3 is 0 Å². The van der Waals surface area contributed by atoms with E-state index in [0.717, 1.165) is 16.7 Å². The van der Waals surface area contributed by atoms with Crippen LogP contribution in [0.1, 0.15) is 78.9 Å². The molecule has 198 valence electrons. The molecule has 0 atom stereocenters. The van der Waals surface area contributed by atoms with Gasteiger partial charge in [-0.05, 0) is 76.5 Å². The number of ether oxygens (including phenoxy) is 1. The van der Waals surface area contributed by atoms with Gasteiger partial charge in [-0.1, -0.05) is 51.0 Å². The summed E-state index contributed by atoms with van der Waals surface area (Å²) < 4.78 is 12.0. The first kappa shape index (κ1) is 29.6. The van der Waals surface area contributed by atoms with E-state index < -0.39 is 13.9 Å². The highest BCUT2D eigenvalue weighted by Gasteiger charge is 2.41. The fourth-order valence-electron chi connectivity index (χ4n) is 3.84. The maximum Gasteiger partial charge on any atom is 0.272 e. The Morgan fingerprint density at radius 1 is 1.00 bits per heavy atom. The van der Waals surface area contributed by atoms with Crippen molar-refractivity contribution in [3.05, 3.63) is 64.2 Å². The van der Waals surface area contributed by atoms with Crippen molar-refractivity contribution in [2.45, 2.75) is 85.5 Å². The fourth-order valence-corrected chi connectivity index (χ4v) is 4.99. The third kappa shape index (κ3) is 6.76. The van der Waals surface area contributed by atoms with E-state index in [0.29, 0.717) is 29.9 Å². The number of hydrazine groups is 1. The predicted octanol–water partition coefficient (Wildman–Crippen LogP) is 6.46. The molecule has 0 saturated carbocycles. The summed E-state index contributed by atoms with van der Waals surface area (Å²) in [6.07, 6.45) is 0.621. The number of nitrogens with zero attached hydrogens (tertiary/aromatic N) is 1. The highest BCUT2D eigenvalue weighted by molar-refractivity contribution is 6.74. The Hall–Kier alpha value is -2.64.